The summed E-state index contributed by atoms with van der Waals surface area (Å²) in [6.45, 7) is 2.82. The Bertz CT molecular complexity index is 860. The number of benzene rings is 1. The van der Waals surface area contributed by atoms with Crippen LogP contribution in [0.2, 0.25) is 0 Å². The van der Waals surface area contributed by atoms with Crippen molar-refractivity contribution in [2.75, 3.05) is 18.5 Å². The van der Waals surface area contributed by atoms with E-state index in [1.165, 1.54) is 15.6 Å². The van der Waals surface area contributed by atoms with Gasteiger partial charge < -0.3 is 4.90 Å². The van der Waals surface area contributed by atoms with Crippen LogP contribution in [0.3, 0.4) is 0 Å². The Morgan fingerprint density at radius 1 is 1.24 bits per heavy atom. The van der Waals surface area contributed by atoms with Gasteiger partial charge in [-0.3, -0.25) is 4.79 Å². The van der Waals surface area contributed by atoms with Gasteiger partial charge in [-0.2, -0.15) is 4.31 Å². The maximum Gasteiger partial charge on any atom is 0.243 e. The van der Waals surface area contributed by atoms with Gasteiger partial charge in [0, 0.05) is 36.8 Å². The molecule has 8 heteroatoms. The van der Waals surface area contributed by atoms with Crippen molar-refractivity contribution in [3.8, 4) is 0 Å². The van der Waals surface area contributed by atoms with Crippen molar-refractivity contribution in [3.63, 3.8) is 0 Å². The van der Waals surface area contributed by atoms with Gasteiger partial charge in [-0.25, -0.2) is 13.4 Å². The quantitative estimate of drug-likeness (QED) is 0.801. The molecule has 2 heterocycles. The third-order valence-corrected chi connectivity index (χ3v) is 6.97. The number of nitrogens with zero attached hydrogens (tertiary/aromatic N) is 3. The Morgan fingerprint density at radius 2 is 1.96 bits per heavy atom. The van der Waals surface area contributed by atoms with E-state index in [9.17, 15) is 13.2 Å². The van der Waals surface area contributed by atoms with E-state index in [0.717, 1.165) is 29.2 Å². The van der Waals surface area contributed by atoms with Crippen molar-refractivity contribution >= 4 is 33.0 Å². The summed E-state index contributed by atoms with van der Waals surface area (Å²) in [5.74, 6) is 0.0955. The van der Waals surface area contributed by atoms with Crippen molar-refractivity contribution in [2.45, 2.75) is 37.6 Å². The summed E-state index contributed by atoms with van der Waals surface area (Å²) in [7, 11) is -2.04. The van der Waals surface area contributed by atoms with Crippen molar-refractivity contribution in [2.24, 2.45) is 0 Å². The Kier molecular flexibility index (Phi) is 5.21. The number of sulfonamides is 1. The number of piperidine rings is 1. The molecule has 0 saturated carbocycles. The summed E-state index contributed by atoms with van der Waals surface area (Å²) in [5, 5.41) is 2.67. The summed E-state index contributed by atoms with van der Waals surface area (Å²) in [6, 6.07) is 6.54. The molecule has 6 nitrogen and oxygen atoms in total. The number of carbonyl (C=O) groups is 1. The summed E-state index contributed by atoms with van der Waals surface area (Å²) >= 11 is 1.45. The molecule has 1 aliphatic heterocycles. The molecule has 0 atom stereocenters. The lowest BCUT2D eigenvalue weighted by Gasteiger charge is -2.27. The van der Waals surface area contributed by atoms with Crippen molar-refractivity contribution in [1.82, 2.24) is 9.29 Å². The highest BCUT2D eigenvalue weighted by Gasteiger charge is 2.24. The highest BCUT2D eigenvalue weighted by Crippen LogP contribution is 2.24. The summed E-state index contributed by atoms with van der Waals surface area (Å²) in [5.41, 5.74) is 1.64. The average Bonchev–Trinajstić information content (AvgIpc) is 3.00. The lowest BCUT2D eigenvalue weighted by molar-refractivity contribution is -0.119. The van der Waals surface area contributed by atoms with Gasteiger partial charge in [0.15, 0.2) is 0 Å². The minimum atomic E-state index is -3.59. The van der Waals surface area contributed by atoms with Crippen LogP contribution >= 0.6 is 11.3 Å². The van der Waals surface area contributed by atoms with Crippen LogP contribution in [-0.2, 0) is 21.4 Å². The zero-order valence-electron chi connectivity index (χ0n) is 14.3. The molecule has 1 aromatic carbocycles. The standard InChI is InChI=1S/C17H21N3O3S2/c1-13-12-24-16(18-13)11-19(2)25(22,23)15-8-6-14(7-9-15)20-10-4-3-5-17(20)21/h6-9,12H,3-5,10-11H2,1-2H3. The van der Waals surface area contributed by atoms with Gasteiger partial charge in [0.05, 0.1) is 11.4 Å². The fraction of sp³-hybridized carbons (Fsp3) is 0.412. The van der Waals surface area contributed by atoms with Gasteiger partial charge in [-0.15, -0.1) is 11.3 Å². The van der Waals surface area contributed by atoms with Crippen LogP contribution in [0.4, 0.5) is 5.69 Å². The third-order valence-electron chi connectivity index (χ3n) is 4.20. The minimum Gasteiger partial charge on any atom is -0.312 e. The molecule has 0 N–H and O–H groups in total. The molecule has 1 aromatic heterocycles. The van der Waals surface area contributed by atoms with Crippen LogP contribution in [0.5, 0.6) is 0 Å². The molecule has 0 bridgehead atoms. The van der Waals surface area contributed by atoms with E-state index in [1.54, 1.807) is 36.2 Å². The highest BCUT2D eigenvalue weighted by atomic mass is 32.2. The second-order valence-electron chi connectivity index (χ2n) is 6.14. The first kappa shape index (κ1) is 18.0. The molecule has 0 aliphatic carbocycles. The number of aryl methyl sites for hydroxylation is 1. The van der Waals surface area contributed by atoms with Crippen LogP contribution in [0, 0.1) is 6.92 Å². The van der Waals surface area contributed by atoms with E-state index >= 15 is 0 Å². The zero-order chi connectivity index (χ0) is 18.0. The summed E-state index contributed by atoms with van der Waals surface area (Å²) < 4.78 is 26.7. The van der Waals surface area contributed by atoms with E-state index in [-0.39, 0.29) is 17.3 Å². The number of thiazole rings is 1. The second-order valence-corrected chi connectivity index (χ2v) is 9.13. The molecule has 0 radical (unpaired) electrons. The Labute approximate surface area is 152 Å². The van der Waals surface area contributed by atoms with Gasteiger partial charge in [0.1, 0.15) is 5.01 Å². The van der Waals surface area contributed by atoms with Crippen LogP contribution in [0.15, 0.2) is 34.5 Å². The SMILES string of the molecule is Cc1csc(CN(C)S(=O)(=O)c2ccc(N3CCCCC3=O)cc2)n1. The van der Waals surface area contributed by atoms with E-state index < -0.39 is 10.0 Å². The van der Waals surface area contributed by atoms with Crippen LogP contribution in [0.1, 0.15) is 30.0 Å². The molecule has 1 saturated heterocycles. The second kappa shape index (κ2) is 7.23. The monoisotopic (exact) mass is 379 g/mol. The molecule has 25 heavy (non-hydrogen) atoms. The lowest BCUT2D eigenvalue weighted by atomic mass is 10.1. The number of hydrogen-bond donors (Lipinski definition) is 0. The molecular formula is C17H21N3O3S2. The molecule has 134 valence electrons. The maximum absolute atomic E-state index is 12.7. The number of anilines is 1. The molecular weight excluding hydrogens is 358 g/mol. The normalized spacial score (nSPS) is 15.8. The van der Waals surface area contributed by atoms with Crippen molar-refractivity contribution < 1.29 is 13.2 Å². The minimum absolute atomic E-state index is 0.0955. The number of aromatic nitrogens is 1. The van der Waals surface area contributed by atoms with Crippen molar-refractivity contribution in [3.05, 3.63) is 40.3 Å². The lowest BCUT2D eigenvalue weighted by Crippen LogP contribution is -2.35. The van der Waals surface area contributed by atoms with Gasteiger partial charge >= 0.3 is 0 Å². The first-order chi connectivity index (χ1) is 11.9. The van der Waals surface area contributed by atoms with E-state index in [2.05, 4.69) is 4.98 Å². The molecule has 1 fully saturated rings. The number of carbonyl (C=O) groups excluding carboxylic acids is 1. The van der Waals surface area contributed by atoms with E-state index in [4.69, 9.17) is 0 Å². The third kappa shape index (κ3) is 3.91. The fourth-order valence-corrected chi connectivity index (χ4v) is 4.85. The van der Waals surface area contributed by atoms with E-state index in [0.29, 0.717) is 13.0 Å². The largest absolute Gasteiger partial charge is 0.312 e. The smallest absolute Gasteiger partial charge is 0.243 e. The maximum atomic E-state index is 12.7. The Morgan fingerprint density at radius 3 is 2.56 bits per heavy atom. The predicted molar refractivity (Wildman–Crippen MR) is 98.1 cm³/mol. The molecule has 0 spiro atoms. The molecule has 1 aliphatic rings. The first-order valence-electron chi connectivity index (χ1n) is 8.16. The topological polar surface area (TPSA) is 70.6 Å². The molecule has 2 aromatic rings. The number of hydrogen-bond acceptors (Lipinski definition) is 5. The Balaban J connectivity index is 1.76. The summed E-state index contributed by atoms with van der Waals surface area (Å²) in [6.07, 6.45) is 2.45. The number of amides is 1. The molecule has 1 amide bonds. The van der Waals surface area contributed by atoms with Crippen molar-refractivity contribution in [1.29, 1.82) is 0 Å². The predicted octanol–water partition coefficient (Wildman–Crippen LogP) is 2.79. The molecule has 0 unspecified atom stereocenters. The van der Waals surface area contributed by atoms with Crippen LogP contribution in [-0.4, -0.2) is 37.2 Å². The van der Waals surface area contributed by atoms with E-state index in [1.807, 2.05) is 12.3 Å². The average molecular weight is 380 g/mol. The fourth-order valence-electron chi connectivity index (χ4n) is 2.81. The van der Waals surface area contributed by atoms with Crippen LogP contribution < -0.4 is 4.90 Å². The zero-order valence-corrected chi connectivity index (χ0v) is 15.9. The van der Waals surface area contributed by atoms with Gasteiger partial charge in [-0.05, 0) is 44.0 Å². The van der Waals surface area contributed by atoms with Crippen LogP contribution in [0.25, 0.3) is 0 Å². The first-order valence-corrected chi connectivity index (χ1v) is 10.5. The summed E-state index contributed by atoms with van der Waals surface area (Å²) in [4.78, 5) is 18.2. The van der Waals surface area contributed by atoms with Gasteiger partial charge in [-0.1, -0.05) is 0 Å². The molecule has 3 rings (SSSR count). The van der Waals surface area contributed by atoms with Gasteiger partial charge in [0.25, 0.3) is 0 Å². The number of rotatable bonds is 5. The Hall–Kier alpha value is -1.77. The highest BCUT2D eigenvalue weighted by molar-refractivity contribution is 7.89. The van der Waals surface area contributed by atoms with Gasteiger partial charge in [0.2, 0.25) is 15.9 Å².